The van der Waals surface area contributed by atoms with Crippen LogP contribution in [-0.4, -0.2) is 47.2 Å². The number of halogens is 3. The van der Waals surface area contributed by atoms with Crippen molar-refractivity contribution in [2.75, 3.05) is 17.7 Å². The molecule has 0 bridgehead atoms. The first-order chi connectivity index (χ1) is 13.7. The molecule has 0 unspecified atom stereocenters. The summed E-state index contributed by atoms with van der Waals surface area (Å²) in [4.78, 5) is 16.3. The largest absolute Gasteiger partial charge is 0.417 e. The maximum atomic E-state index is 13.2. The predicted octanol–water partition coefficient (Wildman–Crippen LogP) is 3.06. The molecule has 0 aliphatic heterocycles. The number of aromatic nitrogens is 4. The Kier molecular flexibility index (Phi) is 4.72. The number of H-pyrrole nitrogens is 1. The molecule has 29 heavy (non-hydrogen) atoms. The van der Waals surface area contributed by atoms with Gasteiger partial charge >= 0.3 is 6.18 Å². The lowest BCUT2D eigenvalue weighted by atomic mass is 9.81. The highest BCUT2D eigenvalue weighted by Gasteiger charge is 2.40. The SMILES string of the molecule is CN(c1ncnc2[nH]ccc12)[C@H]1C[C@@H](CS(=O)(=O)c2cnccc2C(F)(F)F)C1. The molecule has 11 heteroatoms. The molecular weight excluding hydrogens is 407 g/mol. The van der Waals surface area contributed by atoms with Crippen molar-refractivity contribution in [3.63, 3.8) is 0 Å². The van der Waals surface area contributed by atoms with Gasteiger partial charge in [-0.15, -0.1) is 0 Å². The normalized spacial score (nSPS) is 19.9. The van der Waals surface area contributed by atoms with Crippen LogP contribution in [0.2, 0.25) is 0 Å². The molecule has 1 N–H and O–H groups in total. The monoisotopic (exact) mass is 425 g/mol. The highest BCUT2D eigenvalue weighted by Crippen LogP contribution is 2.39. The highest BCUT2D eigenvalue weighted by atomic mass is 32.2. The highest BCUT2D eigenvalue weighted by molar-refractivity contribution is 7.91. The van der Waals surface area contributed by atoms with E-state index in [-0.39, 0.29) is 17.7 Å². The van der Waals surface area contributed by atoms with Crippen molar-refractivity contribution in [3.8, 4) is 0 Å². The molecular formula is C18H18F3N5O2S. The molecule has 0 saturated heterocycles. The standard InChI is InChI=1S/C18H18F3N5O2S/c1-26(17-13-2-5-23-16(13)24-10-25-17)12-6-11(7-12)9-29(27,28)15-8-22-4-3-14(15)18(19,20)21/h2-5,8,10-12H,6-7,9H2,1H3,(H,23,24,25)/t11-,12+. The van der Waals surface area contributed by atoms with Crippen LogP contribution in [0.4, 0.5) is 19.0 Å². The molecule has 1 saturated carbocycles. The number of rotatable bonds is 5. The zero-order valence-electron chi connectivity index (χ0n) is 15.4. The fourth-order valence-electron chi connectivity index (χ4n) is 3.73. The summed E-state index contributed by atoms with van der Waals surface area (Å²) in [6.07, 6.45) is 1.29. The molecule has 3 heterocycles. The van der Waals surface area contributed by atoms with E-state index in [9.17, 15) is 21.6 Å². The summed E-state index contributed by atoms with van der Waals surface area (Å²) in [6.45, 7) is 0. The van der Waals surface area contributed by atoms with Crippen molar-refractivity contribution in [1.29, 1.82) is 0 Å². The molecule has 0 amide bonds. The Morgan fingerprint density at radius 3 is 2.72 bits per heavy atom. The van der Waals surface area contributed by atoms with Crippen molar-refractivity contribution in [3.05, 3.63) is 42.6 Å². The number of hydrogen-bond acceptors (Lipinski definition) is 6. The smallest absolute Gasteiger partial charge is 0.356 e. The molecule has 7 nitrogen and oxygen atoms in total. The van der Waals surface area contributed by atoms with Crippen LogP contribution in [0.15, 0.2) is 41.9 Å². The number of aromatic amines is 1. The number of sulfone groups is 1. The first-order valence-corrected chi connectivity index (χ1v) is 10.6. The Labute approximate surface area is 164 Å². The van der Waals surface area contributed by atoms with E-state index in [0.29, 0.717) is 24.6 Å². The fourth-order valence-corrected chi connectivity index (χ4v) is 5.54. The van der Waals surface area contributed by atoms with Crippen LogP contribution in [0.3, 0.4) is 0 Å². The fraction of sp³-hybridized carbons (Fsp3) is 0.389. The van der Waals surface area contributed by atoms with Gasteiger partial charge in [0.25, 0.3) is 0 Å². The van der Waals surface area contributed by atoms with Crippen LogP contribution in [-0.2, 0) is 16.0 Å². The lowest BCUT2D eigenvalue weighted by Gasteiger charge is -2.41. The minimum absolute atomic E-state index is 0.0548. The van der Waals surface area contributed by atoms with Gasteiger partial charge in [-0.25, -0.2) is 18.4 Å². The van der Waals surface area contributed by atoms with E-state index in [1.165, 1.54) is 6.33 Å². The summed E-state index contributed by atoms with van der Waals surface area (Å²) in [5, 5.41) is 0.858. The van der Waals surface area contributed by atoms with Crippen LogP contribution in [0.1, 0.15) is 18.4 Å². The minimum Gasteiger partial charge on any atom is -0.356 e. The van der Waals surface area contributed by atoms with E-state index in [2.05, 4.69) is 19.9 Å². The van der Waals surface area contributed by atoms with E-state index < -0.39 is 26.5 Å². The second kappa shape index (κ2) is 6.97. The van der Waals surface area contributed by atoms with E-state index >= 15 is 0 Å². The minimum atomic E-state index is -4.75. The van der Waals surface area contributed by atoms with E-state index in [1.54, 1.807) is 6.20 Å². The summed E-state index contributed by atoms with van der Waals surface area (Å²) < 4.78 is 64.7. The van der Waals surface area contributed by atoms with Gasteiger partial charge in [-0.1, -0.05) is 0 Å². The van der Waals surface area contributed by atoms with Gasteiger partial charge in [0.2, 0.25) is 0 Å². The number of fused-ring (bicyclic) bond motifs is 1. The molecule has 154 valence electrons. The first kappa shape index (κ1) is 19.6. The lowest BCUT2D eigenvalue weighted by Crippen LogP contribution is -2.45. The van der Waals surface area contributed by atoms with Gasteiger partial charge in [0, 0.05) is 31.7 Å². The summed E-state index contributed by atoms with van der Waals surface area (Å²) in [6, 6.07) is 2.61. The van der Waals surface area contributed by atoms with E-state index in [4.69, 9.17) is 0 Å². The Morgan fingerprint density at radius 1 is 1.24 bits per heavy atom. The maximum absolute atomic E-state index is 13.2. The molecule has 1 aliphatic carbocycles. The Balaban J connectivity index is 1.47. The molecule has 4 rings (SSSR count). The topological polar surface area (TPSA) is 91.8 Å². The number of nitrogens with one attached hydrogen (secondary N) is 1. The van der Waals surface area contributed by atoms with Crippen molar-refractivity contribution in [2.24, 2.45) is 5.92 Å². The van der Waals surface area contributed by atoms with Gasteiger partial charge in [0.1, 0.15) is 17.8 Å². The third kappa shape index (κ3) is 3.66. The van der Waals surface area contributed by atoms with Gasteiger partial charge < -0.3 is 9.88 Å². The number of nitrogens with zero attached hydrogens (tertiary/aromatic N) is 4. The Hall–Kier alpha value is -2.69. The molecule has 0 spiro atoms. The Morgan fingerprint density at radius 2 is 2.00 bits per heavy atom. The van der Waals surface area contributed by atoms with Gasteiger partial charge in [-0.2, -0.15) is 13.2 Å². The van der Waals surface area contributed by atoms with Gasteiger partial charge in [0.05, 0.1) is 21.6 Å². The average molecular weight is 425 g/mol. The molecule has 1 aliphatic rings. The van der Waals surface area contributed by atoms with Crippen LogP contribution in [0.25, 0.3) is 11.0 Å². The number of pyridine rings is 1. The molecule has 0 aromatic carbocycles. The molecule has 3 aromatic rings. The quantitative estimate of drug-likeness (QED) is 0.676. The summed E-state index contributed by atoms with van der Waals surface area (Å²) >= 11 is 0. The zero-order chi connectivity index (χ0) is 20.8. The molecule has 3 aromatic heterocycles. The third-order valence-corrected chi connectivity index (χ3v) is 7.21. The molecule has 0 radical (unpaired) electrons. The summed E-state index contributed by atoms with van der Waals surface area (Å²) in [5.41, 5.74) is -0.465. The van der Waals surface area contributed by atoms with Crippen LogP contribution >= 0.6 is 0 Å². The average Bonchev–Trinajstić information content (AvgIpc) is 3.12. The van der Waals surface area contributed by atoms with Crippen molar-refractivity contribution in [1.82, 2.24) is 19.9 Å². The van der Waals surface area contributed by atoms with E-state index in [1.807, 2.05) is 18.0 Å². The summed E-state index contributed by atoms with van der Waals surface area (Å²) in [7, 11) is -2.24. The maximum Gasteiger partial charge on any atom is 0.417 e. The zero-order valence-corrected chi connectivity index (χ0v) is 16.2. The van der Waals surface area contributed by atoms with Crippen molar-refractivity contribution in [2.45, 2.75) is 30.0 Å². The van der Waals surface area contributed by atoms with Gasteiger partial charge in [-0.3, -0.25) is 4.98 Å². The molecule has 1 fully saturated rings. The lowest BCUT2D eigenvalue weighted by molar-refractivity contribution is -0.140. The molecule has 0 atom stereocenters. The van der Waals surface area contributed by atoms with Gasteiger partial charge in [-0.05, 0) is 30.9 Å². The Bertz CT molecular complexity index is 1140. The summed E-state index contributed by atoms with van der Waals surface area (Å²) in [5.74, 6) is 0.168. The van der Waals surface area contributed by atoms with Crippen LogP contribution in [0, 0.1) is 5.92 Å². The number of hydrogen-bond donors (Lipinski definition) is 1. The second-order valence-corrected chi connectivity index (χ2v) is 9.19. The van der Waals surface area contributed by atoms with Crippen molar-refractivity contribution >= 4 is 26.7 Å². The van der Waals surface area contributed by atoms with Crippen LogP contribution < -0.4 is 4.90 Å². The van der Waals surface area contributed by atoms with E-state index in [0.717, 1.165) is 23.6 Å². The second-order valence-electron chi connectivity index (χ2n) is 7.19. The van der Waals surface area contributed by atoms with Crippen molar-refractivity contribution < 1.29 is 21.6 Å². The predicted molar refractivity (Wildman–Crippen MR) is 100 cm³/mol. The number of anilines is 1. The van der Waals surface area contributed by atoms with Crippen LogP contribution in [0.5, 0.6) is 0 Å². The number of alkyl halides is 3. The van der Waals surface area contributed by atoms with Gasteiger partial charge in [0.15, 0.2) is 9.84 Å². The first-order valence-electron chi connectivity index (χ1n) is 8.91. The third-order valence-electron chi connectivity index (χ3n) is 5.31.